The number of aromatic amines is 1. The van der Waals surface area contributed by atoms with Crippen LogP contribution >= 0.6 is 0 Å². The van der Waals surface area contributed by atoms with Crippen LogP contribution in [0.4, 0.5) is 0 Å². The van der Waals surface area contributed by atoms with E-state index in [9.17, 15) is 4.79 Å². The molecule has 4 rings (SSSR count). The highest BCUT2D eigenvalue weighted by molar-refractivity contribution is 5.79. The maximum absolute atomic E-state index is 12.4. The van der Waals surface area contributed by atoms with E-state index in [1.165, 1.54) is 0 Å². The minimum absolute atomic E-state index is 0.0898. The average molecular weight is 345 g/mol. The highest BCUT2D eigenvalue weighted by Gasteiger charge is 2.31. The number of hydrogen-bond donors (Lipinski definition) is 2. The molecule has 0 spiro atoms. The van der Waals surface area contributed by atoms with Crippen molar-refractivity contribution in [1.82, 2.24) is 15.5 Å². The molecular formula is C17H19N3O5. The van der Waals surface area contributed by atoms with Gasteiger partial charge in [0.15, 0.2) is 17.2 Å². The van der Waals surface area contributed by atoms with Crippen molar-refractivity contribution in [2.75, 3.05) is 26.4 Å². The van der Waals surface area contributed by atoms with Crippen LogP contribution in [0.3, 0.4) is 0 Å². The van der Waals surface area contributed by atoms with Gasteiger partial charge in [0, 0.05) is 0 Å². The molecular weight excluding hydrogens is 326 g/mol. The standard InChI is InChI=1S/C17H19N3O5/c21-17(6-11-1-2-14-15(5-11)24-4-3-23-14)20-13-9-22-10-16(13)25-12-7-18-19-8-12/h1-2,5,7-8,13,16H,3-4,6,9-10H2,(H,18,19)(H,20,21)/t13-,16+/m0/s1. The number of H-pyrrole nitrogens is 1. The quantitative estimate of drug-likeness (QED) is 0.828. The molecule has 25 heavy (non-hydrogen) atoms. The van der Waals surface area contributed by atoms with E-state index in [1.807, 2.05) is 18.2 Å². The number of fused-ring (bicyclic) bond motifs is 1. The van der Waals surface area contributed by atoms with E-state index < -0.39 is 0 Å². The fraction of sp³-hybridized carbons (Fsp3) is 0.412. The Bertz CT molecular complexity index is 734. The predicted molar refractivity (Wildman–Crippen MR) is 86.9 cm³/mol. The average Bonchev–Trinajstić information content (AvgIpc) is 3.28. The number of carbonyl (C=O) groups is 1. The van der Waals surface area contributed by atoms with Gasteiger partial charge >= 0.3 is 0 Å². The molecule has 2 N–H and O–H groups in total. The van der Waals surface area contributed by atoms with Crippen LogP contribution in [-0.2, 0) is 16.0 Å². The van der Waals surface area contributed by atoms with Crippen molar-refractivity contribution in [2.45, 2.75) is 18.6 Å². The van der Waals surface area contributed by atoms with Crippen molar-refractivity contribution in [2.24, 2.45) is 0 Å². The summed E-state index contributed by atoms with van der Waals surface area (Å²) in [6.07, 6.45) is 3.27. The molecule has 1 aromatic heterocycles. The van der Waals surface area contributed by atoms with E-state index >= 15 is 0 Å². The van der Waals surface area contributed by atoms with E-state index in [-0.39, 0.29) is 24.5 Å². The van der Waals surface area contributed by atoms with E-state index in [0.29, 0.717) is 43.7 Å². The van der Waals surface area contributed by atoms with Crippen LogP contribution in [-0.4, -0.2) is 54.7 Å². The van der Waals surface area contributed by atoms with Gasteiger partial charge in [-0.25, -0.2) is 0 Å². The topological polar surface area (TPSA) is 94.7 Å². The molecule has 0 radical (unpaired) electrons. The van der Waals surface area contributed by atoms with Crippen LogP contribution in [0.25, 0.3) is 0 Å². The summed E-state index contributed by atoms with van der Waals surface area (Å²) >= 11 is 0. The summed E-state index contributed by atoms with van der Waals surface area (Å²) in [5.74, 6) is 1.93. The number of nitrogens with one attached hydrogen (secondary N) is 2. The van der Waals surface area contributed by atoms with Crippen LogP contribution in [0.1, 0.15) is 5.56 Å². The second kappa shape index (κ2) is 7.02. The SMILES string of the molecule is O=C(Cc1ccc2c(c1)OCCO2)N[C@H]1COC[C@H]1Oc1cn[nH]c1. The molecule has 3 heterocycles. The summed E-state index contributed by atoms with van der Waals surface area (Å²) in [7, 11) is 0. The van der Waals surface area contributed by atoms with Crippen molar-refractivity contribution in [1.29, 1.82) is 0 Å². The zero-order valence-electron chi connectivity index (χ0n) is 13.6. The lowest BCUT2D eigenvalue weighted by Gasteiger charge is -2.20. The van der Waals surface area contributed by atoms with Crippen LogP contribution in [0.5, 0.6) is 17.2 Å². The van der Waals surface area contributed by atoms with Gasteiger partial charge in [-0.1, -0.05) is 6.07 Å². The lowest BCUT2D eigenvalue weighted by Crippen LogP contribution is -2.45. The number of aromatic nitrogens is 2. The number of rotatable bonds is 5. The maximum atomic E-state index is 12.4. The van der Waals surface area contributed by atoms with Crippen LogP contribution in [0, 0.1) is 0 Å². The fourth-order valence-electron chi connectivity index (χ4n) is 2.90. The Morgan fingerprint density at radius 2 is 2.16 bits per heavy atom. The Kier molecular flexibility index (Phi) is 4.43. The Morgan fingerprint density at radius 3 is 3.00 bits per heavy atom. The number of amides is 1. The van der Waals surface area contributed by atoms with E-state index in [0.717, 1.165) is 5.56 Å². The summed E-state index contributed by atoms with van der Waals surface area (Å²) in [5.41, 5.74) is 0.868. The first kappa shape index (κ1) is 15.8. The largest absolute Gasteiger partial charge is 0.486 e. The zero-order valence-corrected chi connectivity index (χ0v) is 13.6. The first-order valence-corrected chi connectivity index (χ1v) is 8.19. The minimum atomic E-state index is -0.234. The first-order chi connectivity index (χ1) is 12.3. The lowest BCUT2D eigenvalue weighted by atomic mass is 10.1. The minimum Gasteiger partial charge on any atom is -0.486 e. The van der Waals surface area contributed by atoms with Crippen LogP contribution in [0.15, 0.2) is 30.6 Å². The number of nitrogens with zero attached hydrogens (tertiary/aromatic N) is 1. The molecule has 2 aliphatic rings. The van der Waals surface area contributed by atoms with Gasteiger partial charge in [0.2, 0.25) is 5.91 Å². The Balaban J connectivity index is 1.35. The fourth-order valence-corrected chi connectivity index (χ4v) is 2.90. The second-order valence-electron chi connectivity index (χ2n) is 5.96. The van der Waals surface area contributed by atoms with Gasteiger partial charge in [0.25, 0.3) is 0 Å². The van der Waals surface area contributed by atoms with Gasteiger partial charge in [-0.15, -0.1) is 0 Å². The molecule has 1 amide bonds. The number of benzene rings is 1. The molecule has 8 nitrogen and oxygen atoms in total. The molecule has 0 bridgehead atoms. The molecule has 1 fully saturated rings. The van der Waals surface area contributed by atoms with Gasteiger partial charge < -0.3 is 24.3 Å². The Hall–Kier alpha value is -2.74. The summed E-state index contributed by atoms with van der Waals surface area (Å²) < 4.78 is 22.3. The third-order valence-electron chi connectivity index (χ3n) is 4.11. The number of ether oxygens (including phenoxy) is 4. The molecule has 2 aliphatic heterocycles. The summed E-state index contributed by atoms with van der Waals surface area (Å²) in [4.78, 5) is 12.4. The van der Waals surface area contributed by atoms with Crippen molar-refractivity contribution < 1.29 is 23.7 Å². The highest BCUT2D eigenvalue weighted by Crippen LogP contribution is 2.30. The van der Waals surface area contributed by atoms with Crippen LogP contribution in [0.2, 0.25) is 0 Å². The summed E-state index contributed by atoms with van der Waals surface area (Å²) in [6, 6.07) is 5.36. The summed E-state index contributed by atoms with van der Waals surface area (Å²) in [6.45, 7) is 1.93. The third-order valence-corrected chi connectivity index (χ3v) is 4.11. The van der Waals surface area contributed by atoms with E-state index in [2.05, 4.69) is 15.5 Å². The number of carbonyl (C=O) groups excluding carboxylic acids is 1. The maximum Gasteiger partial charge on any atom is 0.224 e. The van der Waals surface area contributed by atoms with Gasteiger partial charge in [-0.2, -0.15) is 5.10 Å². The highest BCUT2D eigenvalue weighted by atomic mass is 16.6. The molecule has 2 atom stereocenters. The Labute approximate surface area is 144 Å². The second-order valence-corrected chi connectivity index (χ2v) is 5.96. The molecule has 0 unspecified atom stereocenters. The monoisotopic (exact) mass is 345 g/mol. The van der Waals surface area contributed by atoms with Crippen molar-refractivity contribution in [3.63, 3.8) is 0 Å². The van der Waals surface area contributed by atoms with E-state index in [1.54, 1.807) is 12.4 Å². The Morgan fingerprint density at radius 1 is 1.28 bits per heavy atom. The summed E-state index contributed by atoms with van der Waals surface area (Å²) in [5, 5.41) is 9.51. The van der Waals surface area contributed by atoms with E-state index in [4.69, 9.17) is 18.9 Å². The van der Waals surface area contributed by atoms with Crippen molar-refractivity contribution in [3.8, 4) is 17.2 Å². The molecule has 1 aromatic carbocycles. The molecule has 1 saturated heterocycles. The van der Waals surface area contributed by atoms with Crippen molar-refractivity contribution in [3.05, 3.63) is 36.2 Å². The van der Waals surface area contributed by atoms with Gasteiger partial charge in [-0.05, 0) is 17.7 Å². The van der Waals surface area contributed by atoms with Crippen LogP contribution < -0.4 is 19.5 Å². The normalized spacial score (nSPS) is 21.8. The third kappa shape index (κ3) is 3.69. The zero-order chi connectivity index (χ0) is 17.1. The molecule has 132 valence electrons. The smallest absolute Gasteiger partial charge is 0.224 e. The first-order valence-electron chi connectivity index (χ1n) is 8.19. The predicted octanol–water partition coefficient (Wildman–Crippen LogP) is 0.686. The van der Waals surface area contributed by atoms with Crippen molar-refractivity contribution >= 4 is 5.91 Å². The molecule has 0 aliphatic carbocycles. The molecule has 8 heteroatoms. The molecule has 0 saturated carbocycles. The van der Waals surface area contributed by atoms with Gasteiger partial charge in [-0.3, -0.25) is 9.89 Å². The molecule has 2 aromatic rings. The lowest BCUT2D eigenvalue weighted by molar-refractivity contribution is -0.121. The van der Waals surface area contributed by atoms with Gasteiger partial charge in [0.1, 0.15) is 19.3 Å². The number of hydrogen-bond acceptors (Lipinski definition) is 6. The van der Waals surface area contributed by atoms with Gasteiger partial charge in [0.05, 0.1) is 38.1 Å².